The van der Waals surface area contributed by atoms with Gasteiger partial charge in [0.1, 0.15) is 23.2 Å². The number of amides is 1. The Morgan fingerprint density at radius 2 is 2.09 bits per heavy atom. The summed E-state index contributed by atoms with van der Waals surface area (Å²) in [5, 5.41) is 5.52. The number of methoxy groups -OCH3 is 1. The van der Waals surface area contributed by atoms with E-state index in [1.807, 2.05) is 0 Å². The molecule has 0 saturated carbocycles. The standard InChI is InChI=1S/C15H17FN4O2/c1-10-18-13(9-14(19-10)17-7-8-22-2)15(21)20-12-6-4-3-5-11(12)16/h3-6,9H,7-8H2,1-2H3,(H,20,21)(H,17,18,19). The molecule has 6 nitrogen and oxygen atoms in total. The van der Waals surface area contributed by atoms with Gasteiger partial charge in [0.15, 0.2) is 0 Å². The van der Waals surface area contributed by atoms with E-state index in [4.69, 9.17) is 4.74 Å². The van der Waals surface area contributed by atoms with Gasteiger partial charge in [0, 0.05) is 19.7 Å². The minimum absolute atomic E-state index is 0.109. The van der Waals surface area contributed by atoms with E-state index in [0.29, 0.717) is 24.8 Å². The summed E-state index contributed by atoms with van der Waals surface area (Å²) < 4.78 is 18.5. The molecule has 22 heavy (non-hydrogen) atoms. The molecule has 0 saturated heterocycles. The highest BCUT2D eigenvalue weighted by molar-refractivity contribution is 6.03. The van der Waals surface area contributed by atoms with Gasteiger partial charge >= 0.3 is 0 Å². The number of hydrogen-bond acceptors (Lipinski definition) is 5. The minimum atomic E-state index is -0.500. The Hall–Kier alpha value is -2.54. The molecular formula is C15H17FN4O2. The fourth-order valence-electron chi connectivity index (χ4n) is 1.80. The van der Waals surface area contributed by atoms with Crippen LogP contribution in [0.25, 0.3) is 0 Å². The first kappa shape index (κ1) is 15.8. The van der Waals surface area contributed by atoms with Crippen molar-refractivity contribution in [3.05, 3.63) is 47.7 Å². The van der Waals surface area contributed by atoms with Crippen LogP contribution in [0.5, 0.6) is 0 Å². The zero-order valence-corrected chi connectivity index (χ0v) is 12.4. The van der Waals surface area contributed by atoms with Crippen LogP contribution in [-0.4, -0.2) is 36.1 Å². The molecule has 1 amide bonds. The Bertz CT molecular complexity index is 664. The molecule has 2 N–H and O–H groups in total. The van der Waals surface area contributed by atoms with Crippen molar-refractivity contribution >= 4 is 17.4 Å². The van der Waals surface area contributed by atoms with Gasteiger partial charge < -0.3 is 15.4 Å². The van der Waals surface area contributed by atoms with Crippen LogP contribution in [0.15, 0.2) is 30.3 Å². The Labute approximate surface area is 127 Å². The molecule has 2 rings (SSSR count). The van der Waals surface area contributed by atoms with Gasteiger partial charge in [-0.15, -0.1) is 0 Å². The van der Waals surface area contributed by atoms with Gasteiger partial charge in [0.25, 0.3) is 5.91 Å². The molecule has 0 spiro atoms. The molecule has 0 aliphatic rings. The number of nitrogens with zero attached hydrogens (tertiary/aromatic N) is 2. The summed E-state index contributed by atoms with van der Waals surface area (Å²) in [5.41, 5.74) is 0.272. The molecule has 7 heteroatoms. The number of para-hydroxylation sites is 1. The van der Waals surface area contributed by atoms with Crippen molar-refractivity contribution in [3.63, 3.8) is 0 Å². The normalized spacial score (nSPS) is 10.3. The van der Waals surface area contributed by atoms with Gasteiger partial charge in [-0.1, -0.05) is 12.1 Å². The van der Waals surface area contributed by atoms with Gasteiger partial charge in [-0.3, -0.25) is 4.79 Å². The number of nitrogens with one attached hydrogen (secondary N) is 2. The van der Waals surface area contributed by atoms with Crippen molar-refractivity contribution in [1.29, 1.82) is 0 Å². The second-order valence-electron chi connectivity index (χ2n) is 4.54. The van der Waals surface area contributed by atoms with Crippen LogP contribution in [0.2, 0.25) is 0 Å². The highest BCUT2D eigenvalue weighted by atomic mass is 19.1. The molecule has 1 heterocycles. The monoisotopic (exact) mass is 304 g/mol. The molecule has 1 aromatic carbocycles. The fourth-order valence-corrected chi connectivity index (χ4v) is 1.80. The number of benzene rings is 1. The number of aromatic nitrogens is 2. The maximum atomic E-state index is 13.6. The second kappa shape index (κ2) is 7.46. The number of hydrogen-bond donors (Lipinski definition) is 2. The van der Waals surface area contributed by atoms with E-state index in [1.54, 1.807) is 26.2 Å². The third-order valence-electron chi connectivity index (χ3n) is 2.80. The first-order valence-electron chi connectivity index (χ1n) is 6.74. The fraction of sp³-hybridized carbons (Fsp3) is 0.267. The lowest BCUT2D eigenvalue weighted by Gasteiger charge is -2.09. The van der Waals surface area contributed by atoms with E-state index in [2.05, 4.69) is 20.6 Å². The van der Waals surface area contributed by atoms with Crippen LogP contribution in [0.4, 0.5) is 15.9 Å². The zero-order valence-electron chi connectivity index (χ0n) is 12.4. The van der Waals surface area contributed by atoms with Crippen LogP contribution >= 0.6 is 0 Å². The molecule has 0 atom stereocenters. The van der Waals surface area contributed by atoms with Gasteiger partial charge in [0.2, 0.25) is 0 Å². The highest BCUT2D eigenvalue weighted by Gasteiger charge is 2.12. The average Bonchev–Trinajstić information content (AvgIpc) is 2.49. The Morgan fingerprint density at radius 1 is 1.32 bits per heavy atom. The molecule has 2 aromatic rings. The molecular weight excluding hydrogens is 287 g/mol. The lowest BCUT2D eigenvalue weighted by atomic mass is 10.3. The predicted molar refractivity (Wildman–Crippen MR) is 81.5 cm³/mol. The summed E-state index contributed by atoms with van der Waals surface area (Å²) in [6.07, 6.45) is 0. The van der Waals surface area contributed by atoms with Crippen molar-refractivity contribution in [3.8, 4) is 0 Å². The number of carbonyl (C=O) groups is 1. The molecule has 1 aromatic heterocycles. The number of rotatable bonds is 6. The number of carbonyl (C=O) groups excluding carboxylic acids is 1. The van der Waals surface area contributed by atoms with Crippen LogP contribution in [0, 0.1) is 12.7 Å². The second-order valence-corrected chi connectivity index (χ2v) is 4.54. The molecule has 0 aliphatic heterocycles. The number of anilines is 2. The van der Waals surface area contributed by atoms with Crippen LogP contribution in [-0.2, 0) is 4.74 Å². The first-order valence-corrected chi connectivity index (χ1v) is 6.74. The Balaban J connectivity index is 2.13. The third kappa shape index (κ3) is 4.23. The van der Waals surface area contributed by atoms with Gasteiger partial charge in [-0.25, -0.2) is 14.4 Å². The van der Waals surface area contributed by atoms with Crippen molar-refractivity contribution in [2.24, 2.45) is 0 Å². The Kier molecular flexibility index (Phi) is 5.37. The van der Waals surface area contributed by atoms with Crippen LogP contribution < -0.4 is 10.6 Å². The van der Waals surface area contributed by atoms with Gasteiger partial charge in [-0.2, -0.15) is 0 Å². The van der Waals surface area contributed by atoms with Crippen molar-refractivity contribution in [2.75, 3.05) is 30.9 Å². The average molecular weight is 304 g/mol. The largest absolute Gasteiger partial charge is 0.383 e. The highest BCUT2D eigenvalue weighted by Crippen LogP contribution is 2.14. The molecule has 116 valence electrons. The van der Waals surface area contributed by atoms with E-state index < -0.39 is 11.7 Å². The number of halogens is 1. The maximum absolute atomic E-state index is 13.6. The van der Waals surface area contributed by atoms with Crippen LogP contribution in [0.3, 0.4) is 0 Å². The van der Waals surface area contributed by atoms with Crippen molar-refractivity contribution in [2.45, 2.75) is 6.92 Å². The summed E-state index contributed by atoms with van der Waals surface area (Å²) >= 11 is 0. The van der Waals surface area contributed by atoms with E-state index in [0.717, 1.165) is 0 Å². The van der Waals surface area contributed by atoms with Crippen LogP contribution in [0.1, 0.15) is 16.3 Å². The van der Waals surface area contributed by atoms with E-state index >= 15 is 0 Å². The third-order valence-corrected chi connectivity index (χ3v) is 2.80. The summed E-state index contributed by atoms with van der Waals surface area (Å²) in [5.74, 6) is -0.0326. The minimum Gasteiger partial charge on any atom is -0.383 e. The summed E-state index contributed by atoms with van der Waals surface area (Å²) in [7, 11) is 1.60. The summed E-state index contributed by atoms with van der Waals surface area (Å²) in [6, 6.07) is 7.47. The number of aryl methyl sites for hydroxylation is 1. The lowest BCUT2D eigenvalue weighted by Crippen LogP contribution is -2.17. The van der Waals surface area contributed by atoms with Gasteiger partial charge in [0.05, 0.1) is 12.3 Å². The Morgan fingerprint density at radius 3 is 2.82 bits per heavy atom. The van der Waals surface area contributed by atoms with E-state index in [9.17, 15) is 9.18 Å². The van der Waals surface area contributed by atoms with Crippen molar-refractivity contribution in [1.82, 2.24) is 9.97 Å². The smallest absolute Gasteiger partial charge is 0.274 e. The topological polar surface area (TPSA) is 76.1 Å². The predicted octanol–water partition coefficient (Wildman–Crippen LogP) is 2.23. The SMILES string of the molecule is COCCNc1cc(C(=O)Nc2ccccc2F)nc(C)n1. The molecule has 0 bridgehead atoms. The van der Waals surface area contributed by atoms with Gasteiger partial charge in [-0.05, 0) is 19.1 Å². The summed E-state index contributed by atoms with van der Waals surface area (Å²) in [4.78, 5) is 20.4. The van der Waals surface area contributed by atoms with E-state index in [1.165, 1.54) is 18.2 Å². The molecule has 0 aliphatic carbocycles. The molecule has 0 fully saturated rings. The first-order chi connectivity index (χ1) is 10.6. The lowest BCUT2D eigenvalue weighted by molar-refractivity contribution is 0.102. The van der Waals surface area contributed by atoms with Crippen molar-refractivity contribution < 1.29 is 13.9 Å². The maximum Gasteiger partial charge on any atom is 0.274 e. The molecule has 0 unspecified atom stereocenters. The summed E-state index contributed by atoms with van der Waals surface area (Å²) in [6.45, 7) is 2.75. The zero-order chi connectivity index (χ0) is 15.9. The van der Waals surface area contributed by atoms with E-state index in [-0.39, 0.29) is 11.4 Å². The quantitative estimate of drug-likeness (QED) is 0.800. The number of ether oxygens (including phenoxy) is 1. The molecule has 0 radical (unpaired) electrons.